The van der Waals surface area contributed by atoms with Crippen LogP contribution in [-0.2, 0) is 21.5 Å². The lowest BCUT2D eigenvalue weighted by Crippen LogP contribution is -2.51. The maximum Gasteiger partial charge on any atom is 0.261 e. The van der Waals surface area contributed by atoms with Gasteiger partial charge in [-0.25, -0.2) is 0 Å². The molecule has 1 atom stereocenters. The Balaban J connectivity index is 1.67. The molecule has 5 heteroatoms. The van der Waals surface area contributed by atoms with Crippen molar-refractivity contribution in [3.05, 3.63) is 65.7 Å². The molecule has 2 aromatic carbocycles. The summed E-state index contributed by atoms with van der Waals surface area (Å²) in [6, 6.07) is 17.3. The number of nitrogens with one attached hydrogen (secondary N) is 1. The molecule has 33 heavy (non-hydrogen) atoms. The molecule has 1 aliphatic carbocycles. The smallest absolute Gasteiger partial charge is 0.261 e. The van der Waals surface area contributed by atoms with Crippen molar-refractivity contribution in [2.45, 2.75) is 83.8 Å². The Hall–Kier alpha value is -2.82. The van der Waals surface area contributed by atoms with Crippen LogP contribution in [-0.4, -0.2) is 35.4 Å². The van der Waals surface area contributed by atoms with Crippen LogP contribution in [0.5, 0.6) is 5.75 Å². The first-order valence-electron chi connectivity index (χ1n) is 12.1. The average Bonchev–Trinajstić information content (AvgIpc) is 2.81. The molecule has 5 nitrogen and oxygen atoms in total. The molecule has 1 N–H and O–H groups in total. The summed E-state index contributed by atoms with van der Waals surface area (Å²) in [5.41, 5.74) is 2.25. The highest BCUT2D eigenvalue weighted by Gasteiger charge is 2.28. The minimum atomic E-state index is -0.577. The number of hydrogen-bond acceptors (Lipinski definition) is 3. The highest BCUT2D eigenvalue weighted by molar-refractivity contribution is 5.88. The lowest BCUT2D eigenvalue weighted by Gasteiger charge is -2.31. The lowest BCUT2D eigenvalue weighted by molar-refractivity contribution is -0.142. The number of carbonyl (C=O) groups is 2. The van der Waals surface area contributed by atoms with Crippen LogP contribution in [0.3, 0.4) is 0 Å². The number of nitrogens with zero attached hydrogens (tertiary/aromatic N) is 1. The molecule has 0 heterocycles. The fraction of sp³-hybridized carbons (Fsp3) is 0.500. The van der Waals surface area contributed by atoms with Crippen LogP contribution in [0.25, 0.3) is 0 Å². The van der Waals surface area contributed by atoms with Crippen LogP contribution in [0.15, 0.2) is 54.6 Å². The van der Waals surface area contributed by atoms with E-state index in [0.717, 1.165) is 31.2 Å². The van der Waals surface area contributed by atoms with E-state index in [1.54, 1.807) is 11.8 Å². The Bertz CT molecular complexity index is 897. The minimum absolute atomic E-state index is 0.0575. The fourth-order valence-electron chi connectivity index (χ4n) is 4.21. The fourth-order valence-corrected chi connectivity index (χ4v) is 4.21. The van der Waals surface area contributed by atoms with Gasteiger partial charge in [0.1, 0.15) is 11.8 Å². The number of benzene rings is 2. The SMILES string of the molecule is C[C@H](C(=O)NC1CCCCC1)N(Cc1ccccc1)C(=O)COc1ccc(C(C)(C)C)cc1. The number of carbonyl (C=O) groups excluding carboxylic acids is 2. The van der Waals surface area contributed by atoms with Crippen molar-refractivity contribution in [2.75, 3.05) is 6.61 Å². The van der Waals surface area contributed by atoms with Gasteiger partial charge in [0.25, 0.3) is 5.91 Å². The van der Waals surface area contributed by atoms with Crippen LogP contribution in [0.2, 0.25) is 0 Å². The Morgan fingerprint density at radius 2 is 1.64 bits per heavy atom. The summed E-state index contributed by atoms with van der Waals surface area (Å²) in [6.45, 7) is 8.54. The molecule has 178 valence electrons. The zero-order chi connectivity index (χ0) is 23.8. The number of amides is 2. The van der Waals surface area contributed by atoms with E-state index in [2.05, 4.69) is 26.1 Å². The van der Waals surface area contributed by atoms with Crippen molar-refractivity contribution >= 4 is 11.8 Å². The normalized spacial score (nSPS) is 15.5. The molecule has 0 unspecified atom stereocenters. The van der Waals surface area contributed by atoms with Gasteiger partial charge in [0, 0.05) is 12.6 Å². The van der Waals surface area contributed by atoms with Gasteiger partial charge in [0.15, 0.2) is 6.61 Å². The van der Waals surface area contributed by atoms with Crippen LogP contribution >= 0.6 is 0 Å². The third-order valence-corrected chi connectivity index (χ3v) is 6.40. The summed E-state index contributed by atoms with van der Waals surface area (Å²) in [5.74, 6) is 0.348. The van der Waals surface area contributed by atoms with E-state index >= 15 is 0 Å². The molecule has 2 amide bonds. The van der Waals surface area contributed by atoms with E-state index in [0.29, 0.717) is 12.3 Å². The number of hydrogen-bond donors (Lipinski definition) is 1. The highest BCUT2D eigenvalue weighted by Crippen LogP contribution is 2.24. The first-order valence-corrected chi connectivity index (χ1v) is 12.1. The van der Waals surface area contributed by atoms with Gasteiger partial charge in [-0.05, 0) is 48.4 Å². The van der Waals surface area contributed by atoms with Crippen LogP contribution in [0, 0.1) is 0 Å². The van der Waals surface area contributed by atoms with Crippen molar-refractivity contribution in [1.29, 1.82) is 0 Å². The van der Waals surface area contributed by atoms with Gasteiger partial charge in [-0.15, -0.1) is 0 Å². The van der Waals surface area contributed by atoms with Crippen molar-refractivity contribution in [3.8, 4) is 5.75 Å². The molecule has 0 saturated heterocycles. The predicted molar refractivity (Wildman–Crippen MR) is 132 cm³/mol. The molecule has 1 saturated carbocycles. The second-order valence-electron chi connectivity index (χ2n) is 10.1. The largest absolute Gasteiger partial charge is 0.484 e. The summed E-state index contributed by atoms with van der Waals surface area (Å²) in [6.07, 6.45) is 5.55. The van der Waals surface area contributed by atoms with E-state index in [1.807, 2.05) is 54.6 Å². The summed E-state index contributed by atoms with van der Waals surface area (Å²) in [5, 5.41) is 3.16. The predicted octanol–water partition coefficient (Wildman–Crippen LogP) is 5.23. The van der Waals surface area contributed by atoms with E-state index in [4.69, 9.17) is 4.74 Å². The van der Waals surface area contributed by atoms with E-state index < -0.39 is 6.04 Å². The van der Waals surface area contributed by atoms with Crippen LogP contribution in [0.1, 0.15) is 70.9 Å². The van der Waals surface area contributed by atoms with Crippen LogP contribution < -0.4 is 10.1 Å². The molecule has 0 radical (unpaired) electrons. The Kier molecular flexibility index (Phi) is 8.54. The molecule has 3 rings (SSSR count). The third-order valence-electron chi connectivity index (χ3n) is 6.40. The van der Waals surface area contributed by atoms with Gasteiger partial charge < -0.3 is 15.0 Å². The van der Waals surface area contributed by atoms with Crippen molar-refractivity contribution < 1.29 is 14.3 Å². The quantitative estimate of drug-likeness (QED) is 0.599. The molecule has 0 aliphatic heterocycles. The second kappa shape index (κ2) is 11.4. The van der Waals surface area contributed by atoms with Crippen LogP contribution in [0.4, 0.5) is 0 Å². The van der Waals surface area contributed by atoms with Crippen molar-refractivity contribution in [2.24, 2.45) is 0 Å². The molecular formula is C28H38N2O3. The monoisotopic (exact) mass is 450 g/mol. The summed E-state index contributed by atoms with van der Waals surface area (Å²) in [7, 11) is 0. The van der Waals surface area contributed by atoms with Gasteiger partial charge in [0.2, 0.25) is 5.91 Å². The number of rotatable bonds is 8. The maximum absolute atomic E-state index is 13.2. The molecule has 0 aromatic heterocycles. The molecule has 1 fully saturated rings. The van der Waals surface area contributed by atoms with Gasteiger partial charge in [0.05, 0.1) is 0 Å². The zero-order valence-electron chi connectivity index (χ0n) is 20.5. The van der Waals surface area contributed by atoms with E-state index in [9.17, 15) is 9.59 Å². The first kappa shape index (κ1) is 24.8. The zero-order valence-corrected chi connectivity index (χ0v) is 20.5. The van der Waals surface area contributed by atoms with Gasteiger partial charge in [-0.3, -0.25) is 9.59 Å². The molecule has 2 aromatic rings. The van der Waals surface area contributed by atoms with Crippen molar-refractivity contribution in [1.82, 2.24) is 10.2 Å². The standard InChI is InChI=1S/C28H38N2O3/c1-21(27(32)29-24-13-9-6-10-14-24)30(19-22-11-7-5-8-12-22)26(31)20-33-25-17-15-23(16-18-25)28(2,3)4/h5,7-8,11-12,15-18,21,24H,6,9-10,13-14,19-20H2,1-4H3,(H,29,32)/t21-/m1/s1. The summed E-state index contributed by atoms with van der Waals surface area (Å²) < 4.78 is 5.81. The molecular weight excluding hydrogens is 412 g/mol. The lowest BCUT2D eigenvalue weighted by atomic mass is 9.87. The Morgan fingerprint density at radius 1 is 1.00 bits per heavy atom. The average molecular weight is 451 g/mol. The summed E-state index contributed by atoms with van der Waals surface area (Å²) >= 11 is 0. The summed E-state index contributed by atoms with van der Waals surface area (Å²) in [4.78, 5) is 27.8. The minimum Gasteiger partial charge on any atom is -0.484 e. The molecule has 0 bridgehead atoms. The van der Waals surface area contributed by atoms with Crippen molar-refractivity contribution in [3.63, 3.8) is 0 Å². The maximum atomic E-state index is 13.2. The molecule has 0 spiro atoms. The van der Waals surface area contributed by atoms with Gasteiger partial charge in [-0.1, -0.05) is 82.5 Å². The van der Waals surface area contributed by atoms with E-state index in [-0.39, 0.29) is 29.9 Å². The Morgan fingerprint density at radius 3 is 2.24 bits per heavy atom. The molecule has 1 aliphatic rings. The van der Waals surface area contributed by atoms with E-state index in [1.165, 1.54) is 12.0 Å². The van der Waals surface area contributed by atoms with Gasteiger partial charge in [-0.2, -0.15) is 0 Å². The second-order valence-corrected chi connectivity index (χ2v) is 10.1. The Labute approximate surface area is 198 Å². The third kappa shape index (κ3) is 7.34. The number of ether oxygens (including phenoxy) is 1. The highest BCUT2D eigenvalue weighted by atomic mass is 16.5. The first-order chi connectivity index (χ1) is 15.7. The topological polar surface area (TPSA) is 58.6 Å². The van der Waals surface area contributed by atoms with Gasteiger partial charge >= 0.3 is 0 Å².